The van der Waals surface area contributed by atoms with Crippen molar-refractivity contribution in [3.05, 3.63) is 0 Å². The maximum atomic E-state index is 11.4. The summed E-state index contributed by atoms with van der Waals surface area (Å²) >= 11 is 0. The number of aliphatic hydroxyl groups excluding tert-OH is 1. The minimum Gasteiger partial charge on any atom is -0.480 e. The van der Waals surface area contributed by atoms with E-state index in [1.54, 1.807) is 0 Å². The number of nitrogens with two attached hydrogens (primary N) is 1. The molecule has 0 saturated heterocycles. The number of carboxylic acids is 1. The summed E-state index contributed by atoms with van der Waals surface area (Å²) in [5.74, 6) is -2.61. The molecule has 0 aliphatic heterocycles. The van der Waals surface area contributed by atoms with Gasteiger partial charge in [0.15, 0.2) is 0 Å². The molecule has 2 unspecified atom stereocenters. The van der Waals surface area contributed by atoms with Crippen LogP contribution in [0.5, 0.6) is 0 Å². The molecule has 2 amide bonds. The fraction of sp³-hybridized carbons (Fsp3) is 0.625. The van der Waals surface area contributed by atoms with Crippen LogP contribution in [-0.2, 0) is 14.4 Å². The fourth-order valence-corrected chi connectivity index (χ4v) is 0.823. The lowest BCUT2D eigenvalue weighted by atomic mass is 10.2. The molecule has 0 aromatic rings. The van der Waals surface area contributed by atoms with Gasteiger partial charge in [-0.2, -0.15) is 0 Å². The number of rotatable bonds is 6. The first-order valence-electron chi connectivity index (χ1n) is 4.55. The Balaban J connectivity index is 4.31. The molecule has 0 fully saturated rings. The van der Waals surface area contributed by atoms with Gasteiger partial charge in [0.05, 0.1) is 13.2 Å². The van der Waals surface area contributed by atoms with E-state index >= 15 is 0 Å². The number of hydrogen-bond acceptors (Lipinski definition) is 5. The van der Waals surface area contributed by atoms with E-state index in [-0.39, 0.29) is 6.54 Å². The van der Waals surface area contributed by atoms with Gasteiger partial charge in [-0.3, -0.25) is 14.4 Å². The number of amides is 2. The Morgan fingerprint density at radius 2 is 1.88 bits per heavy atom. The number of carbonyl (C=O) groups excluding carboxylic acids is 2. The van der Waals surface area contributed by atoms with Crippen molar-refractivity contribution in [1.82, 2.24) is 10.6 Å². The van der Waals surface area contributed by atoms with Crippen LogP contribution in [0.15, 0.2) is 0 Å². The monoisotopic (exact) mass is 233 g/mol. The lowest BCUT2D eigenvalue weighted by Gasteiger charge is -2.17. The van der Waals surface area contributed by atoms with Crippen LogP contribution in [0.1, 0.15) is 6.92 Å². The number of carboxylic acid groups (broad SMARTS) is 1. The molecular formula is C8H15N3O5. The van der Waals surface area contributed by atoms with E-state index in [2.05, 4.69) is 10.6 Å². The van der Waals surface area contributed by atoms with Crippen LogP contribution >= 0.6 is 0 Å². The van der Waals surface area contributed by atoms with Crippen molar-refractivity contribution in [2.24, 2.45) is 5.73 Å². The van der Waals surface area contributed by atoms with Gasteiger partial charge in [0.2, 0.25) is 11.8 Å². The van der Waals surface area contributed by atoms with Gasteiger partial charge in [-0.05, 0) is 6.92 Å². The molecule has 92 valence electrons. The highest BCUT2D eigenvalue weighted by molar-refractivity contribution is 5.90. The summed E-state index contributed by atoms with van der Waals surface area (Å²) in [7, 11) is 0. The summed E-state index contributed by atoms with van der Waals surface area (Å²) in [6.07, 6.45) is 0. The van der Waals surface area contributed by atoms with Crippen LogP contribution in [0.2, 0.25) is 0 Å². The predicted molar refractivity (Wildman–Crippen MR) is 53.3 cm³/mol. The second-order valence-electron chi connectivity index (χ2n) is 3.08. The molecule has 0 radical (unpaired) electrons. The molecule has 0 aliphatic carbocycles. The van der Waals surface area contributed by atoms with E-state index in [1.807, 2.05) is 0 Å². The number of aliphatic carboxylic acids is 1. The molecule has 8 heteroatoms. The van der Waals surface area contributed by atoms with Crippen LogP contribution in [0.3, 0.4) is 0 Å². The van der Waals surface area contributed by atoms with Crippen molar-refractivity contribution < 1.29 is 24.6 Å². The average molecular weight is 233 g/mol. The first-order chi connectivity index (χ1) is 7.42. The lowest BCUT2D eigenvalue weighted by Crippen LogP contribution is -2.53. The van der Waals surface area contributed by atoms with Gasteiger partial charge < -0.3 is 26.6 Å². The highest BCUT2D eigenvalue weighted by atomic mass is 16.4. The van der Waals surface area contributed by atoms with Gasteiger partial charge in [-0.15, -0.1) is 0 Å². The first kappa shape index (κ1) is 14.3. The quantitative estimate of drug-likeness (QED) is 0.331. The molecule has 0 rings (SSSR count). The van der Waals surface area contributed by atoms with Crippen molar-refractivity contribution in [1.29, 1.82) is 0 Å². The summed E-state index contributed by atoms with van der Waals surface area (Å²) in [6.45, 7) is 0.307. The van der Waals surface area contributed by atoms with Crippen LogP contribution in [0, 0.1) is 0 Å². The van der Waals surface area contributed by atoms with Crippen molar-refractivity contribution in [3.8, 4) is 0 Å². The van der Waals surface area contributed by atoms with Gasteiger partial charge in [0.1, 0.15) is 12.1 Å². The maximum Gasteiger partial charge on any atom is 0.325 e. The third-order valence-corrected chi connectivity index (χ3v) is 1.75. The Bertz CT molecular complexity index is 281. The third-order valence-electron chi connectivity index (χ3n) is 1.75. The lowest BCUT2D eigenvalue weighted by molar-refractivity contribution is -0.141. The Labute approximate surface area is 91.8 Å². The Hall–Kier alpha value is -1.67. The summed E-state index contributed by atoms with van der Waals surface area (Å²) in [5, 5.41) is 21.6. The average Bonchev–Trinajstić information content (AvgIpc) is 2.24. The molecule has 0 aliphatic rings. The molecule has 0 bridgehead atoms. The topological polar surface area (TPSA) is 142 Å². The minimum absolute atomic E-state index is 0.321. The van der Waals surface area contributed by atoms with E-state index in [0.29, 0.717) is 0 Å². The van der Waals surface area contributed by atoms with Gasteiger partial charge in [0.25, 0.3) is 0 Å². The third kappa shape index (κ3) is 4.71. The normalized spacial score (nSPS) is 13.7. The van der Waals surface area contributed by atoms with Crippen molar-refractivity contribution in [2.75, 3.05) is 13.2 Å². The van der Waals surface area contributed by atoms with Crippen LogP contribution in [-0.4, -0.2) is 53.2 Å². The van der Waals surface area contributed by atoms with Gasteiger partial charge in [-0.1, -0.05) is 0 Å². The van der Waals surface area contributed by atoms with E-state index in [1.165, 1.54) is 6.92 Å². The molecule has 0 aromatic carbocycles. The van der Waals surface area contributed by atoms with Crippen molar-refractivity contribution in [3.63, 3.8) is 0 Å². The SMILES string of the molecule is CC(NC(=O)C(CO)NC(=O)CN)C(=O)O. The standard InChI is InChI=1S/C8H15N3O5/c1-4(8(15)16)10-7(14)5(3-12)11-6(13)2-9/h4-5,12H,2-3,9H2,1H3,(H,10,14)(H,11,13)(H,15,16). The van der Waals surface area contributed by atoms with Crippen LogP contribution in [0.25, 0.3) is 0 Å². The molecule has 0 spiro atoms. The van der Waals surface area contributed by atoms with Gasteiger partial charge in [0, 0.05) is 0 Å². The highest BCUT2D eigenvalue weighted by Gasteiger charge is 2.22. The first-order valence-corrected chi connectivity index (χ1v) is 4.55. The van der Waals surface area contributed by atoms with Crippen molar-refractivity contribution >= 4 is 17.8 Å². The smallest absolute Gasteiger partial charge is 0.325 e. The maximum absolute atomic E-state index is 11.4. The number of hydrogen-bond donors (Lipinski definition) is 5. The zero-order valence-electron chi connectivity index (χ0n) is 8.77. The minimum atomic E-state index is -1.21. The number of carbonyl (C=O) groups is 3. The zero-order chi connectivity index (χ0) is 12.7. The summed E-state index contributed by atoms with van der Waals surface area (Å²) in [4.78, 5) is 32.7. The Morgan fingerprint density at radius 1 is 1.31 bits per heavy atom. The molecule has 0 heterocycles. The highest BCUT2D eigenvalue weighted by Crippen LogP contribution is 1.87. The Morgan fingerprint density at radius 3 is 2.25 bits per heavy atom. The largest absolute Gasteiger partial charge is 0.480 e. The van der Waals surface area contributed by atoms with Crippen LogP contribution in [0.4, 0.5) is 0 Å². The molecule has 16 heavy (non-hydrogen) atoms. The van der Waals surface area contributed by atoms with E-state index < -0.39 is 36.5 Å². The molecule has 2 atom stereocenters. The number of aliphatic hydroxyl groups is 1. The summed E-state index contributed by atoms with van der Waals surface area (Å²) in [5.41, 5.74) is 5.01. The molecule has 0 saturated carbocycles. The van der Waals surface area contributed by atoms with E-state index in [4.69, 9.17) is 15.9 Å². The van der Waals surface area contributed by atoms with Gasteiger partial charge in [-0.25, -0.2) is 0 Å². The second-order valence-corrected chi connectivity index (χ2v) is 3.08. The molecular weight excluding hydrogens is 218 g/mol. The van der Waals surface area contributed by atoms with E-state index in [9.17, 15) is 14.4 Å². The molecule has 0 aromatic heterocycles. The zero-order valence-corrected chi connectivity index (χ0v) is 8.77. The summed E-state index contributed by atoms with van der Waals surface area (Å²) in [6, 6.07) is -2.30. The van der Waals surface area contributed by atoms with Crippen LogP contribution < -0.4 is 16.4 Å². The van der Waals surface area contributed by atoms with Gasteiger partial charge >= 0.3 is 5.97 Å². The second kappa shape index (κ2) is 6.75. The number of nitrogens with one attached hydrogen (secondary N) is 2. The van der Waals surface area contributed by atoms with E-state index in [0.717, 1.165) is 0 Å². The molecule has 8 nitrogen and oxygen atoms in total. The molecule has 6 N–H and O–H groups in total. The Kier molecular flexibility index (Phi) is 6.04. The van der Waals surface area contributed by atoms with Crippen molar-refractivity contribution in [2.45, 2.75) is 19.0 Å². The summed E-state index contributed by atoms with van der Waals surface area (Å²) < 4.78 is 0. The predicted octanol–water partition coefficient (Wildman–Crippen LogP) is -2.99. The fourth-order valence-electron chi connectivity index (χ4n) is 0.823.